The Balaban J connectivity index is 1.72. The van der Waals surface area contributed by atoms with Crippen LogP contribution in [0.15, 0.2) is 34.9 Å². The van der Waals surface area contributed by atoms with Crippen LogP contribution in [0.1, 0.15) is 21.7 Å². The molecule has 1 aliphatic rings. The van der Waals surface area contributed by atoms with Crippen LogP contribution >= 0.6 is 15.9 Å². The molecule has 0 bridgehead atoms. The maximum atomic E-state index is 12.8. The average Bonchev–Trinajstić information content (AvgIpc) is 3.10. The van der Waals surface area contributed by atoms with Crippen molar-refractivity contribution in [2.45, 2.75) is 13.8 Å². The van der Waals surface area contributed by atoms with E-state index in [1.54, 1.807) is 22.6 Å². The molecule has 3 aromatic rings. The van der Waals surface area contributed by atoms with Crippen LogP contribution in [0.2, 0.25) is 0 Å². The lowest BCUT2D eigenvalue weighted by atomic mass is 10.2. The Morgan fingerprint density at radius 1 is 1.25 bits per heavy atom. The number of carbonyl (C=O) groups is 1. The second kappa shape index (κ2) is 5.52. The monoisotopic (exact) mass is 387 g/mol. The molecule has 2 aromatic heterocycles. The Morgan fingerprint density at radius 2 is 2.04 bits per heavy atom. The van der Waals surface area contributed by atoms with Crippen molar-refractivity contribution >= 4 is 33.2 Å². The van der Waals surface area contributed by atoms with Crippen molar-refractivity contribution in [3.05, 3.63) is 51.9 Å². The molecule has 1 amide bonds. The molecule has 3 heterocycles. The smallest absolute Gasteiger partial charge is 0.274 e. The second-order valence-electron chi connectivity index (χ2n) is 5.60. The van der Waals surface area contributed by atoms with Crippen molar-refractivity contribution in [1.82, 2.24) is 9.38 Å². The van der Waals surface area contributed by atoms with E-state index in [2.05, 4.69) is 26.2 Å². The van der Waals surface area contributed by atoms with E-state index in [1.165, 1.54) is 0 Å². The summed E-state index contributed by atoms with van der Waals surface area (Å²) in [6.45, 7) is 3.99. The van der Waals surface area contributed by atoms with Gasteiger partial charge >= 0.3 is 0 Å². The summed E-state index contributed by atoms with van der Waals surface area (Å²) in [7, 11) is 0. The first-order valence-corrected chi connectivity index (χ1v) is 8.18. The SMILES string of the molecule is Cc1nc2c(C)cc(Br)cn2c1C(=O)Nc1ccc2c(c1)OCO2. The molecule has 4 rings (SSSR count). The van der Waals surface area contributed by atoms with Crippen molar-refractivity contribution in [2.75, 3.05) is 12.1 Å². The molecule has 0 unspecified atom stereocenters. The van der Waals surface area contributed by atoms with Crippen molar-refractivity contribution in [3.63, 3.8) is 0 Å². The van der Waals surface area contributed by atoms with Gasteiger partial charge in [0.15, 0.2) is 11.5 Å². The number of ether oxygens (including phenoxy) is 2. The zero-order valence-electron chi connectivity index (χ0n) is 13.1. The minimum absolute atomic E-state index is 0.201. The average molecular weight is 388 g/mol. The van der Waals surface area contributed by atoms with Crippen LogP contribution in [0.25, 0.3) is 5.65 Å². The summed E-state index contributed by atoms with van der Waals surface area (Å²) >= 11 is 3.47. The van der Waals surface area contributed by atoms with Crippen LogP contribution in [0.4, 0.5) is 5.69 Å². The summed E-state index contributed by atoms with van der Waals surface area (Å²) < 4.78 is 13.3. The van der Waals surface area contributed by atoms with Gasteiger partial charge in [-0.05, 0) is 53.5 Å². The normalized spacial score (nSPS) is 12.6. The molecule has 24 heavy (non-hydrogen) atoms. The molecule has 122 valence electrons. The third-order valence-corrected chi connectivity index (χ3v) is 4.32. The molecule has 0 atom stereocenters. The van der Waals surface area contributed by atoms with Crippen LogP contribution < -0.4 is 14.8 Å². The molecule has 0 radical (unpaired) electrons. The number of nitrogens with zero attached hydrogens (tertiary/aromatic N) is 2. The zero-order valence-corrected chi connectivity index (χ0v) is 14.7. The van der Waals surface area contributed by atoms with Crippen LogP contribution in [0.3, 0.4) is 0 Å². The predicted octanol–water partition coefficient (Wildman–Crippen LogP) is 3.69. The lowest BCUT2D eigenvalue weighted by Gasteiger charge is -2.08. The van der Waals surface area contributed by atoms with Gasteiger partial charge in [-0.15, -0.1) is 0 Å². The van der Waals surface area contributed by atoms with Crippen LogP contribution in [-0.4, -0.2) is 22.1 Å². The number of pyridine rings is 1. The number of carbonyl (C=O) groups excluding carboxylic acids is 1. The number of amides is 1. The summed E-state index contributed by atoms with van der Waals surface area (Å²) in [5.41, 5.74) is 3.59. The Hall–Kier alpha value is -2.54. The Bertz CT molecular complexity index is 981. The first kappa shape index (κ1) is 15.0. The number of aryl methyl sites for hydroxylation is 2. The van der Waals surface area contributed by atoms with Gasteiger partial charge in [-0.2, -0.15) is 0 Å². The largest absolute Gasteiger partial charge is 0.454 e. The number of benzene rings is 1. The number of rotatable bonds is 2. The minimum Gasteiger partial charge on any atom is -0.454 e. The fourth-order valence-electron chi connectivity index (χ4n) is 2.82. The van der Waals surface area contributed by atoms with Gasteiger partial charge in [-0.3, -0.25) is 9.20 Å². The number of aromatic nitrogens is 2. The van der Waals surface area contributed by atoms with Gasteiger partial charge in [-0.1, -0.05) is 0 Å². The summed E-state index contributed by atoms with van der Waals surface area (Å²) in [6.07, 6.45) is 1.84. The van der Waals surface area contributed by atoms with Crippen molar-refractivity contribution in [1.29, 1.82) is 0 Å². The third-order valence-electron chi connectivity index (χ3n) is 3.89. The highest BCUT2D eigenvalue weighted by atomic mass is 79.9. The summed E-state index contributed by atoms with van der Waals surface area (Å²) in [6, 6.07) is 7.28. The Kier molecular flexibility index (Phi) is 3.45. The number of anilines is 1. The van der Waals surface area contributed by atoms with Gasteiger partial charge in [0.2, 0.25) is 6.79 Å². The molecule has 7 heteroatoms. The van der Waals surface area contributed by atoms with Gasteiger partial charge in [0.1, 0.15) is 11.3 Å². The standard InChI is InChI=1S/C17H14BrN3O3/c1-9-5-11(18)7-21-15(10(2)19-16(9)21)17(22)20-12-3-4-13-14(6-12)24-8-23-13/h3-7H,8H2,1-2H3,(H,20,22). The van der Waals surface area contributed by atoms with E-state index >= 15 is 0 Å². The van der Waals surface area contributed by atoms with Crippen LogP contribution in [0, 0.1) is 13.8 Å². The molecule has 1 N–H and O–H groups in total. The van der Waals surface area contributed by atoms with Crippen molar-refractivity contribution in [2.24, 2.45) is 0 Å². The van der Waals surface area contributed by atoms with Crippen LogP contribution in [-0.2, 0) is 0 Å². The van der Waals surface area contributed by atoms with E-state index in [1.807, 2.05) is 26.1 Å². The molecule has 1 aromatic carbocycles. The van der Waals surface area contributed by atoms with Gasteiger partial charge in [-0.25, -0.2) is 4.98 Å². The van der Waals surface area contributed by atoms with E-state index in [0.717, 1.165) is 15.7 Å². The molecule has 0 saturated heterocycles. The van der Waals surface area contributed by atoms with E-state index in [9.17, 15) is 4.79 Å². The molecular weight excluding hydrogens is 374 g/mol. The number of fused-ring (bicyclic) bond motifs is 2. The number of nitrogens with one attached hydrogen (secondary N) is 1. The molecule has 0 saturated carbocycles. The first-order chi connectivity index (χ1) is 11.5. The van der Waals surface area contributed by atoms with E-state index in [4.69, 9.17) is 9.47 Å². The maximum absolute atomic E-state index is 12.8. The summed E-state index contributed by atoms with van der Waals surface area (Å²) in [5, 5.41) is 2.90. The molecule has 0 aliphatic carbocycles. The van der Waals surface area contributed by atoms with Crippen molar-refractivity contribution < 1.29 is 14.3 Å². The summed E-state index contributed by atoms with van der Waals surface area (Å²) in [5.74, 6) is 1.08. The molecule has 6 nitrogen and oxygen atoms in total. The zero-order chi connectivity index (χ0) is 16.8. The Labute approximate surface area is 146 Å². The van der Waals surface area contributed by atoms with Crippen molar-refractivity contribution in [3.8, 4) is 11.5 Å². The highest BCUT2D eigenvalue weighted by Gasteiger charge is 2.20. The van der Waals surface area contributed by atoms with E-state index in [-0.39, 0.29) is 12.7 Å². The summed E-state index contributed by atoms with van der Waals surface area (Å²) in [4.78, 5) is 17.3. The fourth-order valence-corrected chi connectivity index (χ4v) is 3.37. The molecule has 1 aliphatic heterocycles. The lowest BCUT2D eigenvalue weighted by molar-refractivity contribution is 0.102. The van der Waals surface area contributed by atoms with Crippen LogP contribution in [0.5, 0.6) is 11.5 Å². The number of halogens is 1. The predicted molar refractivity (Wildman–Crippen MR) is 92.9 cm³/mol. The Morgan fingerprint density at radius 3 is 2.88 bits per heavy atom. The first-order valence-electron chi connectivity index (χ1n) is 7.39. The van der Waals surface area contributed by atoms with E-state index in [0.29, 0.717) is 28.6 Å². The van der Waals surface area contributed by atoms with E-state index < -0.39 is 0 Å². The number of hydrogen-bond acceptors (Lipinski definition) is 4. The van der Waals surface area contributed by atoms with Gasteiger partial charge in [0, 0.05) is 22.4 Å². The fraction of sp³-hybridized carbons (Fsp3) is 0.176. The topological polar surface area (TPSA) is 64.9 Å². The maximum Gasteiger partial charge on any atom is 0.274 e. The van der Waals surface area contributed by atoms with Gasteiger partial charge < -0.3 is 14.8 Å². The number of hydrogen-bond donors (Lipinski definition) is 1. The second-order valence-corrected chi connectivity index (χ2v) is 6.52. The lowest BCUT2D eigenvalue weighted by Crippen LogP contribution is -2.15. The van der Waals surface area contributed by atoms with Gasteiger partial charge in [0.25, 0.3) is 5.91 Å². The number of imidazole rings is 1. The highest BCUT2D eigenvalue weighted by molar-refractivity contribution is 9.10. The van der Waals surface area contributed by atoms with Gasteiger partial charge in [0.05, 0.1) is 5.69 Å². The highest BCUT2D eigenvalue weighted by Crippen LogP contribution is 2.34. The molecule has 0 spiro atoms. The molecule has 0 fully saturated rings. The molecular formula is C17H14BrN3O3. The minimum atomic E-state index is -0.226. The quantitative estimate of drug-likeness (QED) is 0.727. The third kappa shape index (κ3) is 2.41.